The SMILES string of the molecule is CCCCCCC/C=C/[C@@H]1C[C@H](O)[C@H](Cc2ccccc2)N1C(=O)OCc1ccccc1. The van der Waals surface area contributed by atoms with Crippen LogP contribution in [0.5, 0.6) is 0 Å². The highest BCUT2D eigenvalue weighted by Gasteiger charge is 2.42. The van der Waals surface area contributed by atoms with Crippen LogP contribution in [0.2, 0.25) is 0 Å². The van der Waals surface area contributed by atoms with Crippen LogP contribution in [0.15, 0.2) is 72.8 Å². The van der Waals surface area contributed by atoms with Gasteiger partial charge in [-0.05, 0) is 36.8 Å². The molecule has 1 aliphatic rings. The molecule has 0 radical (unpaired) electrons. The summed E-state index contributed by atoms with van der Waals surface area (Å²) >= 11 is 0. The number of carbonyl (C=O) groups excluding carboxylic acids is 1. The van der Waals surface area contributed by atoms with E-state index in [1.165, 1.54) is 25.7 Å². The van der Waals surface area contributed by atoms with Gasteiger partial charge in [0.05, 0.1) is 18.2 Å². The number of benzene rings is 2. The average Bonchev–Trinajstić information content (AvgIpc) is 3.13. The first kappa shape index (κ1) is 24.1. The molecule has 1 fully saturated rings. The fourth-order valence-electron chi connectivity index (χ4n) is 4.39. The number of rotatable bonds is 11. The molecule has 32 heavy (non-hydrogen) atoms. The number of aliphatic hydroxyl groups is 1. The van der Waals surface area contributed by atoms with Crippen molar-refractivity contribution in [3.63, 3.8) is 0 Å². The topological polar surface area (TPSA) is 49.8 Å². The predicted molar refractivity (Wildman–Crippen MR) is 129 cm³/mol. The number of ether oxygens (including phenoxy) is 1. The second kappa shape index (κ2) is 13.1. The maximum Gasteiger partial charge on any atom is 0.410 e. The molecular weight excluding hydrogens is 398 g/mol. The van der Waals surface area contributed by atoms with Crippen LogP contribution in [0.4, 0.5) is 4.79 Å². The minimum absolute atomic E-state index is 0.141. The zero-order chi connectivity index (χ0) is 22.6. The molecule has 1 aliphatic heterocycles. The number of unbranched alkanes of at least 4 members (excludes halogenated alkanes) is 5. The molecule has 1 saturated heterocycles. The molecule has 0 bridgehead atoms. The Kier molecular flexibility index (Phi) is 9.83. The summed E-state index contributed by atoms with van der Waals surface area (Å²) in [5.41, 5.74) is 2.07. The van der Waals surface area contributed by atoms with E-state index in [4.69, 9.17) is 4.74 Å². The summed E-state index contributed by atoms with van der Waals surface area (Å²) in [5.74, 6) is 0. The molecule has 0 saturated carbocycles. The van der Waals surface area contributed by atoms with E-state index in [9.17, 15) is 9.90 Å². The molecule has 0 aliphatic carbocycles. The lowest BCUT2D eigenvalue weighted by Gasteiger charge is -2.29. The quantitative estimate of drug-likeness (QED) is 0.333. The Hall–Kier alpha value is -2.59. The summed E-state index contributed by atoms with van der Waals surface area (Å²) in [4.78, 5) is 14.9. The highest BCUT2D eigenvalue weighted by molar-refractivity contribution is 5.69. The Morgan fingerprint density at radius 2 is 1.66 bits per heavy atom. The molecule has 3 atom stereocenters. The highest BCUT2D eigenvalue weighted by atomic mass is 16.6. The van der Waals surface area contributed by atoms with Crippen LogP contribution in [0.3, 0.4) is 0 Å². The molecule has 2 aromatic carbocycles. The van der Waals surface area contributed by atoms with Gasteiger partial charge < -0.3 is 9.84 Å². The fourth-order valence-corrected chi connectivity index (χ4v) is 4.39. The van der Waals surface area contributed by atoms with Gasteiger partial charge in [-0.3, -0.25) is 4.90 Å². The number of likely N-dealkylation sites (tertiary alicyclic amines) is 1. The van der Waals surface area contributed by atoms with Crippen molar-refractivity contribution in [1.82, 2.24) is 4.90 Å². The second-order valence-corrected chi connectivity index (χ2v) is 8.71. The van der Waals surface area contributed by atoms with Crippen LogP contribution >= 0.6 is 0 Å². The predicted octanol–water partition coefficient (Wildman–Crippen LogP) is 6.29. The Balaban J connectivity index is 1.65. The Bertz CT molecular complexity index is 821. The average molecular weight is 436 g/mol. The zero-order valence-electron chi connectivity index (χ0n) is 19.2. The van der Waals surface area contributed by atoms with Crippen molar-refractivity contribution in [3.8, 4) is 0 Å². The molecule has 1 amide bonds. The van der Waals surface area contributed by atoms with Gasteiger partial charge in [0.2, 0.25) is 0 Å². The van der Waals surface area contributed by atoms with E-state index in [1.807, 2.05) is 60.7 Å². The number of amides is 1. The van der Waals surface area contributed by atoms with Crippen molar-refractivity contribution in [3.05, 3.63) is 83.9 Å². The number of allylic oxidation sites excluding steroid dienone is 1. The molecule has 4 nitrogen and oxygen atoms in total. The number of nitrogens with zero attached hydrogens (tertiary/aromatic N) is 1. The van der Waals surface area contributed by atoms with Gasteiger partial charge in [0, 0.05) is 0 Å². The molecule has 0 aromatic heterocycles. The first-order valence-corrected chi connectivity index (χ1v) is 12.1. The number of hydrogen-bond acceptors (Lipinski definition) is 3. The van der Waals surface area contributed by atoms with Crippen LogP contribution in [-0.4, -0.2) is 34.3 Å². The first-order valence-electron chi connectivity index (χ1n) is 12.1. The number of hydrogen-bond donors (Lipinski definition) is 1. The highest BCUT2D eigenvalue weighted by Crippen LogP contribution is 2.29. The van der Waals surface area contributed by atoms with Gasteiger partial charge in [0.1, 0.15) is 6.61 Å². The van der Waals surface area contributed by atoms with Crippen molar-refractivity contribution in [2.45, 2.75) is 83.1 Å². The summed E-state index contributed by atoms with van der Waals surface area (Å²) < 4.78 is 5.67. The minimum Gasteiger partial charge on any atom is -0.445 e. The summed E-state index contributed by atoms with van der Waals surface area (Å²) in [7, 11) is 0. The lowest BCUT2D eigenvalue weighted by molar-refractivity contribution is 0.0667. The molecule has 1 heterocycles. The maximum absolute atomic E-state index is 13.1. The monoisotopic (exact) mass is 435 g/mol. The van der Waals surface area contributed by atoms with E-state index in [0.29, 0.717) is 12.8 Å². The zero-order valence-corrected chi connectivity index (χ0v) is 19.2. The summed E-state index contributed by atoms with van der Waals surface area (Å²) in [5, 5.41) is 10.8. The van der Waals surface area contributed by atoms with E-state index in [-0.39, 0.29) is 24.8 Å². The van der Waals surface area contributed by atoms with Crippen molar-refractivity contribution >= 4 is 6.09 Å². The summed E-state index contributed by atoms with van der Waals surface area (Å²) in [6.45, 7) is 2.46. The Morgan fingerprint density at radius 3 is 2.34 bits per heavy atom. The number of aliphatic hydroxyl groups excluding tert-OH is 1. The molecule has 1 N–H and O–H groups in total. The lowest BCUT2D eigenvalue weighted by Crippen LogP contribution is -2.44. The largest absolute Gasteiger partial charge is 0.445 e. The van der Waals surface area contributed by atoms with Crippen molar-refractivity contribution in [2.24, 2.45) is 0 Å². The fraction of sp³-hybridized carbons (Fsp3) is 0.464. The van der Waals surface area contributed by atoms with E-state index >= 15 is 0 Å². The minimum atomic E-state index is -0.571. The van der Waals surface area contributed by atoms with Gasteiger partial charge in [-0.1, -0.05) is 105 Å². The van der Waals surface area contributed by atoms with E-state index in [0.717, 1.165) is 24.0 Å². The number of carbonyl (C=O) groups is 1. The third kappa shape index (κ3) is 7.23. The Labute approximate surface area is 192 Å². The van der Waals surface area contributed by atoms with Gasteiger partial charge in [-0.15, -0.1) is 0 Å². The standard InChI is InChI=1S/C28H37NO3/c1-2-3-4-5-6-7-14-19-25-21-27(30)26(20-23-15-10-8-11-16-23)29(25)28(31)32-22-24-17-12-9-13-18-24/h8-19,25-27,30H,2-7,20-22H2,1H3/b19-14+/t25-,26+,27+/m1/s1. The molecule has 4 heteroatoms. The van der Waals surface area contributed by atoms with Crippen LogP contribution in [0.1, 0.15) is 63.0 Å². The van der Waals surface area contributed by atoms with Crippen LogP contribution in [-0.2, 0) is 17.8 Å². The first-order chi connectivity index (χ1) is 15.7. The lowest BCUT2D eigenvalue weighted by atomic mass is 10.0. The van der Waals surface area contributed by atoms with Crippen molar-refractivity contribution in [1.29, 1.82) is 0 Å². The summed E-state index contributed by atoms with van der Waals surface area (Å²) in [6.07, 6.45) is 11.7. The van der Waals surface area contributed by atoms with Crippen molar-refractivity contribution < 1.29 is 14.6 Å². The molecular formula is C28H37NO3. The van der Waals surface area contributed by atoms with Crippen molar-refractivity contribution in [2.75, 3.05) is 0 Å². The van der Waals surface area contributed by atoms with Gasteiger partial charge in [-0.2, -0.15) is 0 Å². The maximum atomic E-state index is 13.1. The van der Waals surface area contributed by atoms with Crippen LogP contribution in [0, 0.1) is 0 Å². The molecule has 0 unspecified atom stereocenters. The molecule has 2 aromatic rings. The molecule has 3 rings (SSSR count). The van der Waals surface area contributed by atoms with Crippen LogP contribution in [0.25, 0.3) is 0 Å². The van der Waals surface area contributed by atoms with E-state index in [2.05, 4.69) is 19.1 Å². The van der Waals surface area contributed by atoms with Gasteiger partial charge in [-0.25, -0.2) is 4.79 Å². The second-order valence-electron chi connectivity index (χ2n) is 8.71. The normalized spacial score (nSPS) is 20.7. The summed E-state index contributed by atoms with van der Waals surface area (Å²) in [6, 6.07) is 19.3. The van der Waals surface area contributed by atoms with E-state index < -0.39 is 6.10 Å². The third-order valence-electron chi connectivity index (χ3n) is 6.18. The third-order valence-corrected chi connectivity index (χ3v) is 6.18. The Morgan fingerprint density at radius 1 is 1.00 bits per heavy atom. The molecule has 172 valence electrons. The van der Waals surface area contributed by atoms with Gasteiger partial charge in [0.15, 0.2) is 0 Å². The molecule has 0 spiro atoms. The van der Waals surface area contributed by atoms with Crippen LogP contribution < -0.4 is 0 Å². The van der Waals surface area contributed by atoms with E-state index in [1.54, 1.807) is 4.90 Å². The van der Waals surface area contributed by atoms with Gasteiger partial charge in [0.25, 0.3) is 0 Å². The smallest absolute Gasteiger partial charge is 0.410 e. The van der Waals surface area contributed by atoms with Gasteiger partial charge >= 0.3 is 6.09 Å².